The summed E-state index contributed by atoms with van der Waals surface area (Å²) >= 11 is 5.75. The highest BCUT2D eigenvalue weighted by Gasteiger charge is 2.14. The van der Waals surface area contributed by atoms with E-state index in [0.717, 1.165) is 5.69 Å². The van der Waals surface area contributed by atoms with Crippen LogP contribution >= 0.6 is 11.6 Å². The predicted octanol–water partition coefficient (Wildman–Crippen LogP) is 2.08. The van der Waals surface area contributed by atoms with Crippen LogP contribution in [0.25, 0.3) is 0 Å². The van der Waals surface area contributed by atoms with E-state index >= 15 is 0 Å². The molecule has 2 rings (SSSR count). The summed E-state index contributed by atoms with van der Waals surface area (Å²) in [6.07, 6.45) is 6.56. The third kappa shape index (κ3) is 3.89. The Bertz CT molecular complexity index is 382. The lowest BCUT2D eigenvalue weighted by molar-refractivity contribution is 0.625. The summed E-state index contributed by atoms with van der Waals surface area (Å²) < 4.78 is 0. The fourth-order valence-corrected chi connectivity index (χ4v) is 2.10. The Hall–Kier alpha value is -1.29. The molecule has 0 aliphatic heterocycles. The molecule has 0 amide bonds. The van der Waals surface area contributed by atoms with Crippen molar-refractivity contribution in [1.82, 2.24) is 10.3 Å². The number of nitrogens with two attached hydrogens (primary N) is 1. The molecule has 0 atom stereocenters. The fraction of sp³-hybridized carbons (Fsp3) is 0.500. The maximum atomic E-state index is 5.82. The van der Waals surface area contributed by atoms with Gasteiger partial charge in [0.2, 0.25) is 0 Å². The normalized spacial score (nSPS) is 17.4. The van der Waals surface area contributed by atoms with Gasteiger partial charge in [0, 0.05) is 12.2 Å². The minimum atomic E-state index is 0.489. The van der Waals surface area contributed by atoms with Crippen LogP contribution < -0.4 is 11.1 Å². The summed E-state index contributed by atoms with van der Waals surface area (Å²) in [5.41, 5.74) is 6.68. The first-order valence-electron chi connectivity index (χ1n) is 5.91. The molecule has 1 fully saturated rings. The number of aliphatic imine (C=N–C) groups is 1. The molecule has 3 N–H and O–H groups in total. The minimum Gasteiger partial charge on any atom is -0.370 e. The van der Waals surface area contributed by atoms with Crippen molar-refractivity contribution in [2.24, 2.45) is 10.7 Å². The van der Waals surface area contributed by atoms with Gasteiger partial charge in [0.25, 0.3) is 0 Å². The standard InChI is InChI=1S/C12H17ClN4/c13-9-5-6-11(15-7-9)8-16-12(14)17-10-3-1-2-4-10/h5-7,10H,1-4,8H2,(H3,14,16,17). The van der Waals surface area contributed by atoms with E-state index in [-0.39, 0.29) is 0 Å². The largest absolute Gasteiger partial charge is 0.370 e. The number of nitrogens with zero attached hydrogens (tertiary/aromatic N) is 2. The Balaban J connectivity index is 1.84. The maximum absolute atomic E-state index is 5.82. The second-order valence-corrected chi connectivity index (χ2v) is 4.73. The molecule has 0 saturated heterocycles. The molecule has 1 aromatic rings. The van der Waals surface area contributed by atoms with Crippen molar-refractivity contribution in [3.8, 4) is 0 Å². The van der Waals surface area contributed by atoms with Crippen LogP contribution in [-0.2, 0) is 6.54 Å². The molecule has 1 saturated carbocycles. The van der Waals surface area contributed by atoms with Crippen LogP contribution in [0.15, 0.2) is 23.3 Å². The van der Waals surface area contributed by atoms with Gasteiger partial charge < -0.3 is 11.1 Å². The molecule has 4 nitrogen and oxygen atoms in total. The molecular formula is C12H17ClN4. The van der Waals surface area contributed by atoms with Crippen LogP contribution in [0.3, 0.4) is 0 Å². The Morgan fingerprint density at radius 1 is 1.47 bits per heavy atom. The molecule has 17 heavy (non-hydrogen) atoms. The number of rotatable bonds is 3. The lowest BCUT2D eigenvalue weighted by Gasteiger charge is -2.11. The average Bonchev–Trinajstić information content (AvgIpc) is 2.81. The van der Waals surface area contributed by atoms with Crippen LogP contribution in [0.2, 0.25) is 5.02 Å². The van der Waals surface area contributed by atoms with Crippen LogP contribution in [0, 0.1) is 0 Å². The zero-order chi connectivity index (χ0) is 12.1. The highest BCUT2D eigenvalue weighted by Crippen LogP contribution is 2.17. The predicted molar refractivity (Wildman–Crippen MR) is 70.0 cm³/mol. The van der Waals surface area contributed by atoms with E-state index in [4.69, 9.17) is 17.3 Å². The van der Waals surface area contributed by atoms with E-state index in [1.807, 2.05) is 6.07 Å². The zero-order valence-corrected chi connectivity index (χ0v) is 10.5. The Labute approximate surface area is 106 Å². The van der Waals surface area contributed by atoms with Crippen LogP contribution in [0.1, 0.15) is 31.4 Å². The number of aromatic nitrogens is 1. The molecule has 92 valence electrons. The Morgan fingerprint density at radius 3 is 2.88 bits per heavy atom. The van der Waals surface area contributed by atoms with Crippen LogP contribution in [-0.4, -0.2) is 17.0 Å². The summed E-state index contributed by atoms with van der Waals surface area (Å²) in [7, 11) is 0. The summed E-state index contributed by atoms with van der Waals surface area (Å²) in [6.45, 7) is 0.489. The van der Waals surface area contributed by atoms with Crippen LogP contribution in [0.4, 0.5) is 0 Å². The topological polar surface area (TPSA) is 63.3 Å². The highest BCUT2D eigenvalue weighted by molar-refractivity contribution is 6.30. The van der Waals surface area contributed by atoms with Crippen molar-refractivity contribution in [2.75, 3.05) is 0 Å². The molecular weight excluding hydrogens is 236 g/mol. The monoisotopic (exact) mass is 252 g/mol. The van der Waals surface area contributed by atoms with Crippen molar-refractivity contribution < 1.29 is 0 Å². The number of hydrogen-bond acceptors (Lipinski definition) is 2. The molecule has 0 aromatic carbocycles. The van der Waals surface area contributed by atoms with Gasteiger partial charge in [-0.25, -0.2) is 4.99 Å². The number of pyridine rings is 1. The van der Waals surface area contributed by atoms with Crippen molar-refractivity contribution >= 4 is 17.6 Å². The zero-order valence-electron chi connectivity index (χ0n) is 9.69. The molecule has 0 spiro atoms. The van der Waals surface area contributed by atoms with E-state index in [9.17, 15) is 0 Å². The van der Waals surface area contributed by atoms with Gasteiger partial charge in [-0.3, -0.25) is 4.98 Å². The van der Waals surface area contributed by atoms with Gasteiger partial charge in [-0.05, 0) is 25.0 Å². The summed E-state index contributed by atoms with van der Waals surface area (Å²) in [5, 5.41) is 3.87. The first-order valence-corrected chi connectivity index (χ1v) is 6.29. The Kier molecular flexibility index (Phi) is 4.20. The molecule has 0 radical (unpaired) electrons. The fourth-order valence-electron chi connectivity index (χ4n) is 1.99. The van der Waals surface area contributed by atoms with E-state index < -0.39 is 0 Å². The number of guanidine groups is 1. The van der Waals surface area contributed by atoms with Gasteiger partial charge in [-0.15, -0.1) is 0 Å². The third-order valence-electron chi connectivity index (χ3n) is 2.91. The number of nitrogens with one attached hydrogen (secondary N) is 1. The molecule has 1 aliphatic carbocycles. The molecule has 0 unspecified atom stereocenters. The van der Waals surface area contributed by atoms with Gasteiger partial charge in [0.05, 0.1) is 17.3 Å². The molecule has 1 heterocycles. The average molecular weight is 253 g/mol. The lowest BCUT2D eigenvalue weighted by Crippen LogP contribution is -2.38. The highest BCUT2D eigenvalue weighted by atomic mass is 35.5. The second-order valence-electron chi connectivity index (χ2n) is 4.29. The number of halogens is 1. The van der Waals surface area contributed by atoms with Crippen molar-refractivity contribution in [1.29, 1.82) is 0 Å². The number of hydrogen-bond donors (Lipinski definition) is 2. The van der Waals surface area contributed by atoms with Gasteiger partial charge in [0.1, 0.15) is 0 Å². The van der Waals surface area contributed by atoms with Crippen molar-refractivity contribution in [3.63, 3.8) is 0 Å². The molecule has 1 aromatic heterocycles. The van der Waals surface area contributed by atoms with Crippen LogP contribution in [0.5, 0.6) is 0 Å². The smallest absolute Gasteiger partial charge is 0.189 e. The van der Waals surface area contributed by atoms with E-state index in [0.29, 0.717) is 23.6 Å². The molecule has 5 heteroatoms. The summed E-state index contributed by atoms with van der Waals surface area (Å²) in [6, 6.07) is 4.16. The first kappa shape index (κ1) is 12.2. The van der Waals surface area contributed by atoms with Gasteiger partial charge >= 0.3 is 0 Å². The third-order valence-corrected chi connectivity index (χ3v) is 3.13. The summed E-state index contributed by atoms with van der Waals surface area (Å²) in [4.78, 5) is 8.42. The first-order chi connectivity index (χ1) is 8.24. The van der Waals surface area contributed by atoms with Gasteiger partial charge in [0.15, 0.2) is 5.96 Å². The molecule has 1 aliphatic rings. The Morgan fingerprint density at radius 2 is 2.24 bits per heavy atom. The van der Waals surface area contributed by atoms with Gasteiger partial charge in [-0.1, -0.05) is 24.4 Å². The van der Waals surface area contributed by atoms with Gasteiger partial charge in [-0.2, -0.15) is 0 Å². The van der Waals surface area contributed by atoms with Crippen molar-refractivity contribution in [2.45, 2.75) is 38.3 Å². The minimum absolute atomic E-state index is 0.489. The maximum Gasteiger partial charge on any atom is 0.189 e. The quantitative estimate of drug-likeness (QED) is 0.640. The van der Waals surface area contributed by atoms with Crippen molar-refractivity contribution in [3.05, 3.63) is 29.0 Å². The second kappa shape index (κ2) is 5.87. The van der Waals surface area contributed by atoms with E-state index in [1.54, 1.807) is 12.3 Å². The molecule has 0 bridgehead atoms. The van der Waals surface area contributed by atoms with E-state index in [2.05, 4.69) is 15.3 Å². The SMILES string of the molecule is NC(=NCc1ccc(Cl)cn1)NC1CCCC1. The van der Waals surface area contributed by atoms with E-state index in [1.165, 1.54) is 25.7 Å². The summed E-state index contributed by atoms with van der Waals surface area (Å²) in [5.74, 6) is 0.508. The lowest BCUT2D eigenvalue weighted by atomic mass is 10.2.